The first-order chi connectivity index (χ1) is 9.13. The zero-order valence-electron chi connectivity index (χ0n) is 11.1. The van der Waals surface area contributed by atoms with Gasteiger partial charge < -0.3 is 10.5 Å². The van der Waals surface area contributed by atoms with E-state index in [0.29, 0.717) is 22.7 Å². The Balaban J connectivity index is 2.36. The number of anilines is 1. The van der Waals surface area contributed by atoms with E-state index >= 15 is 0 Å². The minimum atomic E-state index is 0.504. The number of aryl methyl sites for hydroxylation is 2. The van der Waals surface area contributed by atoms with Gasteiger partial charge in [0.15, 0.2) is 0 Å². The number of hydrogen-bond acceptors (Lipinski definition) is 3. The van der Waals surface area contributed by atoms with Crippen LogP contribution in [0.4, 0.5) is 5.69 Å². The van der Waals surface area contributed by atoms with Crippen LogP contribution in [-0.2, 0) is 6.42 Å². The molecule has 0 aliphatic heterocycles. The number of benzene rings is 2. The number of rotatable bonds is 3. The molecule has 0 unspecified atom stereocenters. The van der Waals surface area contributed by atoms with Crippen molar-refractivity contribution in [2.24, 2.45) is 0 Å². The predicted molar refractivity (Wildman–Crippen MR) is 76.2 cm³/mol. The molecule has 0 atom stereocenters. The molecule has 2 aromatic rings. The summed E-state index contributed by atoms with van der Waals surface area (Å²) in [6.45, 7) is 4.03. The third-order valence-corrected chi connectivity index (χ3v) is 2.96. The lowest BCUT2D eigenvalue weighted by Crippen LogP contribution is -1.95. The fourth-order valence-corrected chi connectivity index (χ4v) is 1.84. The van der Waals surface area contributed by atoms with Gasteiger partial charge in [0.2, 0.25) is 0 Å². The second kappa shape index (κ2) is 5.45. The van der Waals surface area contributed by atoms with Crippen LogP contribution in [0.15, 0.2) is 36.4 Å². The van der Waals surface area contributed by atoms with Crippen LogP contribution in [0, 0.1) is 18.3 Å². The Morgan fingerprint density at radius 3 is 2.58 bits per heavy atom. The van der Waals surface area contributed by atoms with Gasteiger partial charge in [-0.05, 0) is 48.7 Å². The van der Waals surface area contributed by atoms with E-state index in [-0.39, 0.29) is 0 Å². The van der Waals surface area contributed by atoms with Gasteiger partial charge in [-0.2, -0.15) is 5.26 Å². The number of hydrogen-bond donors (Lipinski definition) is 1. The van der Waals surface area contributed by atoms with Crippen molar-refractivity contribution in [1.29, 1.82) is 5.26 Å². The molecule has 2 rings (SSSR count). The van der Waals surface area contributed by atoms with Gasteiger partial charge in [-0.25, -0.2) is 0 Å². The second-order valence-corrected chi connectivity index (χ2v) is 4.44. The highest BCUT2D eigenvalue weighted by Crippen LogP contribution is 2.31. The molecular weight excluding hydrogens is 236 g/mol. The summed E-state index contributed by atoms with van der Waals surface area (Å²) in [6, 6.07) is 13.3. The van der Waals surface area contributed by atoms with E-state index in [1.807, 2.05) is 37.3 Å². The summed E-state index contributed by atoms with van der Waals surface area (Å²) in [6.07, 6.45) is 0.929. The molecule has 3 heteroatoms. The normalized spacial score (nSPS) is 9.95. The van der Waals surface area contributed by atoms with Crippen molar-refractivity contribution < 1.29 is 4.74 Å². The molecule has 0 aromatic heterocycles. The Morgan fingerprint density at radius 1 is 1.16 bits per heavy atom. The molecule has 2 aromatic carbocycles. The molecule has 0 saturated heterocycles. The van der Waals surface area contributed by atoms with Gasteiger partial charge in [0.1, 0.15) is 17.6 Å². The average Bonchev–Trinajstić information content (AvgIpc) is 2.41. The zero-order chi connectivity index (χ0) is 13.8. The number of nitriles is 1. The van der Waals surface area contributed by atoms with Crippen LogP contribution in [-0.4, -0.2) is 0 Å². The molecule has 3 nitrogen and oxygen atoms in total. The molecule has 0 spiro atoms. The molecule has 0 bridgehead atoms. The highest BCUT2D eigenvalue weighted by atomic mass is 16.5. The van der Waals surface area contributed by atoms with Crippen LogP contribution in [0.1, 0.15) is 23.6 Å². The Kier molecular flexibility index (Phi) is 3.72. The van der Waals surface area contributed by atoms with Gasteiger partial charge in [0.05, 0.1) is 11.3 Å². The Labute approximate surface area is 113 Å². The molecular formula is C16H16N2O. The summed E-state index contributed by atoms with van der Waals surface area (Å²) < 4.78 is 5.76. The summed E-state index contributed by atoms with van der Waals surface area (Å²) >= 11 is 0. The van der Waals surface area contributed by atoms with Gasteiger partial charge >= 0.3 is 0 Å². The summed E-state index contributed by atoms with van der Waals surface area (Å²) in [5, 5.41) is 9.08. The van der Waals surface area contributed by atoms with E-state index in [1.165, 1.54) is 0 Å². The molecule has 2 N–H and O–H groups in total. The first-order valence-corrected chi connectivity index (χ1v) is 6.21. The van der Waals surface area contributed by atoms with Crippen molar-refractivity contribution in [3.8, 4) is 17.6 Å². The van der Waals surface area contributed by atoms with E-state index in [0.717, 1.165) is 17.5 Å². The smallest absolute Gasteiger partial charge is 0.150 e. The molecule has 0 aliphatic rings. The monoisotopic (exact) mass is 252 g/mol. The van der Waals surface area contributed by atoms with E-state index in [2.05, 4.69) is 13.0 Å². The molecule has 96 valence electrons. The molecule has 0 fully saturated rings. The van der Waals surface area contributed by atoms with E-state index in [4.69, 9.17) is 15.7 Å². The molecule has 0 aliphatic carbocycles. The lowest BCUT2D eigenvalue weighted by Gasteiger charge is -2.11. The van der Waals surface area contributed by atoms with Crippen molar-refractivity contribution >= 4 is 5.69 Å². The fraction of sp³-hybridized carbons (Fsp3) is 0.188. The van der Waals surface area contributed by atoms with Crippen molar-refractivity contribution in [1.82, 2.24) is 0 Å². The van der Waals surface area contributed by atoms with Crippen LogP contribution in [0.2, 0.25) is 0 Å². The maximum Gasteiger partial charge on any atom is 0.150 e. The van der Waals surface area contributed by atoms with Crippen LogP contribution >= 0.6 is 0 Å². The van der Waals surface area contributed by atoms with E-state index in [1.54, 1.807) is 6.07 Å². The Bertz CT molecular complexity index is 642. The van der Waals surface area contributed by atoms with Gasteiger partial charge in [-0.3, -0.25) is 0 Å². The van der Waals surface area contributed by atoms with Crippen molar-refractivity contribution in [3.05, 3.63) is 53.1 Å². The lowest BCUT2D eigenvalue weighted by atomic mass is 10.1. The van der Waals surface area contributed by atoms with Crippen LogP contribution in [0.25, 0.3) is 0 Å². The fourth-order valence-electron chi connectivity index (χ4n) is 1.84. The van der Waals surface area contributed by atoms with Gasteiger partial charge in [0, 0.05) is 0 Å². The maximum atomic E-state index is 9.08. The summed E-state index contributed by atoms with van der Waals surface area (Å²) in [5.74, 6) is 1.12. The topological polar surface area (TPSA) is 59.0 Å². The second-order valence-electron chi connectivity index (χ2n) is 4.44. The molecule has 19 heavy (non-hydrogen) atoms. The SMILES string of the molecule is CCc1ccc(Oc2cc(C)ccc2C#N)c(N)c1. The lowest BCUT2D eigenvalue weighted by molar-refractivity contribution is 0.483. The standard InChI is InChI=1S/C16H16N2O/c1-3-12-5-7-15(14(18)9-12)19-16-8-11(2)4-6-13(16)10-17/h4-9H,3,18H2,1-2H3. The highest BCUT2D eigenvalue weighted by molar-refractivity contribution is 5.57. The van der Waals surface area contributed by atoms with Crippen LogP contribution < -0.4 is 10.5 Å². The van der Waals surface area contributed by atoms with Crippen molar-refractivity contribution in [2.75, 3.05) is 5.73 Å². The largest absolute Gasteiger partial charge is 0.454 e. The van der Waals surface area contributed by atoms with Crippen molar-refractivity contribution in [2.45, 2.75) is 20.3 Å². The van der Waals surface area contributed by atoms with Crippen molar-refractivity contribution in [3.63, 3.8) is 0 Å². The third-order valence-electron chi connectivity index (χ3n) is 2.96. The quantitative estimate of drug-likeness (QED) is 0.845. The summed E-state index contributed by atoms with van der Waals surface area (Å²) in [7, 11) is 0. The predicted octanol–water partition coefficient (Wildman–Crippen LogP) is 3.80. The third kappa shape index (κ3) is 2.86. The summed E-state index contributed by atoms with van der Waals surface area (Å²) in [5.41, 5.74) is 9.26. The number of nitrogen functional groups attached to an aromatic ring is 1. The number of nitrogens with two attached hydrogens (primary N) is 1. The Morgan fingerprint density at radius 2 is 1.95 bits per heavy atom. The van der Waals surface area contributed by atoms with Gasteiger partial charge in [-0.1, -0.05) is 19.1 Å². The summed E-state index contributed by atoms with van der Waals surface area (Å²) in [4.78, 5) is 0. The first-order valence-electron chi connectivity index (χ1n) is 6.21. The average molecular weight is 252 g/mol. The first kappa shape index (κ1) is 13.0. The minimum absolute atomic E-state index is 0.504. The molecule has 0 saturated carbocycles. The van der Waals surface area contributed by atoms with E-state index in [9.17, 15) is 0 Å². The van der Waals surface area contributed by atoms with Gasteiger partial charge in [-0.15, -0.1) is 0 Å². The van der Waals surface area contributed by atoms with Gasteiger partial charge in [0.25, 0.3) is 0 Å². The molecule has 0 radical (unpaired) electrons. The highest BCUT2D eigenvalue weighted by Gasteiger charge is 2.08. The van der Waals surface area contributed by atoms with Crippen LogP contribution in [0.5, 0.6) is 11.5 Å². The number of ether oxygens (including phenoxy) is 1. The van der Waals surface area contributed by atoms with Crippen LogP contribution in [0.3, 0.4) is 0 Å². The Hall–Kier alpha value is -2.47. The molecule has 0 heterocycles. The maximum absolute atomic E-state index is 9.08. The number of nitrogens with zero attached hydrogens (tertiary/aromatic N) is 1. The molecule has 0 amide bonds. The zero-order valence-corrected chi connectivity index (χ0v) is 11.1. The minimum Gasteiger partial charge on any atom is -0.454 e. The van der Waals surface area contributed by atoms with E-state index < -0.39 is 0 Å².